The Morgan fingerprint density at radius 2 is 2.00 bits per heavy atom. The number of halogens is 3. The zero-order valence-electron chi connectivity index (χ0n) is 14.9. The minimum Gasteiger partial charge on any atom is -0.360 e. The quantitative estimate of drug-likeness (QED) is 0.805. The number of nitrogens with one attached hydrogen (secondary N) is 1. The number of nitrogens with zero attached hydrogens (tertiary/aromatic N) is 1. The fourth-order valence-corrected chi connectivity index (χ4v) is 3.29. The molecule has 26 heavy (non-hydrogen) atoms. The highest BCUT2D eigenvalue weighted by molar-refractivity contribution is 6.04. The number of rotatable bonds is 2. The molecule has 1 atom stereocenters. The van der Waals surface area contributed by atoms with Crippen LogP contribution in [0.25, 0.3) is 0 Å². The molecule has 0 fully saturated rings. The van der Waals surface area contributed by atoms with Crippen LogP contribution >= 0.6 is 0 Å². The van der Waals surface area contributed by atoms with Gasteiger partial charge in [-0.2, -0.15) is 13.2 Å². The lowest BCUT2D eigenvalue weighted by Crippen LogP contribution is -2.27. The summed E-state index contributed by atoms with van der Waals surface area (Å²) in [7, 11) is 0. The number of alkyl halides is 3. The molecule has 0 radical (unpaired) electrons. The molecule has 140 valence electrons. The monoisotopic (exact) mass is 366 g/mol. The number of carbonyl (C=O) groups excluding carboxylic acids is 1. The first-order chi connectivity index (χ1) is 12.1. The number of hydrogen-bond acceptors (Lipinski definition) is 3. The van der Waals surface area contributed by atoms with Crippen LogP contribution in [0, 0.1) is 11.3 Å². The van der Waals surface area contributed by atoms with Crippen molar-refractivity contribution in [2.75, 3.05) is 5.32 Å². The van der Waals surface area contributed by atoms with Crippen molar-refractivity contribution in [3.05, 3.63) is 46.8 Å². The van der Waals surface area contributed by atoms with Gasteiger partial charge in [0.2, 0.25) is 0 Å². The smallest absolute Gasteiger partial charge is 0.360 e. The third kappa shape index (κ3) is 3.76. The van der Waals surface area contributed by atoms with Gasteiger partial charge in [0.05, 0.1) is 5.56 Å². The van der Waals surface area contributed by atoms with E-state index in [-0.39, 0.29) is 16.8 Å². The maximum Gasteiger partial charge on any atom is 0.416 e. The third-order valence-corrected chi connectivity index (χ3v) is 4.93. The number of aryl methyl sites for hydroxylation is 1. The Balaban J connectivity index is 1.82. The summed E-state index contributed by atoms with van der Waals surface area (Å²) in [6.07, 6.45) is -2.12. The van der Waals surface area contributed by atoms with Crippen molar-refractivity contribution in [2.45, 2.75) is 46.2 Å². The van der Waals surface area contributed by atoms with E-state index < -0.39 is 17.6 Å². The van der Waals surface area contributed by atoms with Crippen molar-refractivity contribution in [3.8, 4) is 0 Å². The van der Waals surface area contributed by atoms with Crippen LogP contribution in [0.4, 0.5) is 18.9 Å². The van der Waals surface area contributed by atoms with Crippen molar-refractivity contribution in [1.29, 1.82) is 0 Å². The van der Waals surface area contributed by atoms with Crippen molar-refractivity contribution in [2.24, 2.45) is 11.3 Å². The molecule has 0 bridgehead atoms. The number of hydrogen-bond donors (Lipinski definition) is 1. The molecule has 1 aliphatic carbocycles. The molecular weight excluding hydrogens is 345 g/mol. The van der Waals surface area contributed by atoms with E-state index in [4.69, 9.17) is 4.52 Å². The molecule has 1 aromatic heterocycles. The second-order valence-corrected chi connectivity index (χ2v) is 7.77. The van der Waals surface area contributed by atoms with Crippen LogP contribution in [-0.2, 0) is 19.0 Å². The first kappa shape index (κ1) is 18.5. The molecule has 1 heterocycles. The molecule has 3 rings (SSSR count). The van der Waals surface area contributed by atoms with E-state index in [9.17, 15) is 18.0 Å². The van der Waals surface area contributed by atoms with E-state index in [1.54, 1.807) is 0 Å². The van der Waals surface area contributed by atoms with Crippen molar-refractivity contribution in [3.63, 3.8) is 0 Å². The van der Waals surface area contributed by atoms with Crippen LogP contribution in [-0.4, -0.2) is 11.1 Å². The standard InChI is InChI=1S/C19H21F3N2O2/c1-18(2,3)11-7-8-15-14(10-11)16(24-26-15)17(25)23-13-6-4-5-12(9-13)19(20,21)22/h4-6,9,11H,7-8,10H2,1-3H3,(H,23,25)/t11-/m1/s1. The van der Waals surface area contributed by atoms with Crippen LogP contribution in [0.1, 0.15) is 54.6 Å². The summed E-state index contributed by atoms with van der Waals surface area (Å²) in [6, 6.07) is 4.54. The molecule has 1 aliphatic rings. The van der Waals surface area contributed by atoms with Gasteiger partial charge in [0.1, 0.15) is 5.76 Å². The van der Waals surface area contributed by atoms with Crippen LogP contribution in [0.2, 0.25) is 0 Å². The van der Waals surface area contributed by atoms with Crippen LogP contribution in [0.15, 0.2) is 28.8 Å². The third-order valence-electron chi connectivity index (χ3n) is 4.93. The summed E-state index contributed by atoms with van der Waals surface area (Å²) in [6.45, 7) is 6.45. The summed E-state index contributed by atoms with van der Waals surface area (Å²) in [5.41, 5.74) is 0.270. The highest BCUT2D eigenvalue weighted by Gasteiger charge is 2.34. The predicted octanol–water partition coefficient (Wildman–Crippen LogP) is 5.10. The highest BCUT2D eigenvalue weighted by atomic mass is 19.4. The van der Waals surface area contributed by atoms with E-state index in [0.29, 0.717) is 24.5 Å². The Hall–Kier alpha value is -2.31. The lowest BCUT2D eigenvalue weighted by atomic mass is 9.71. The maximum absolute atomic E-state index is 12.8. The lowest BCUT2D eigenvalue weighted by Gasteiger charge is -2.33. The Labute approximate surface area is 149 Å². The molecule has 7 heteroatoms. The molecule has 0 saturated heterocycles. The fourth-order valence-electron chi connectivity index (χ4n) is 3.29. The molecule has 0 unspecified atom stereocenters. The van der Waals surface area contributed by atoms with E-state index in [2.05, 4.69) is 31.2 Å². The number of amides is 1. The second-order valence-electron chi connectivity index (χ2n) is 7.77. The maximum atomic E-state index is 12.8. The van der Waals surface area contributed by atoms with E-state index in [1.165, 1.54) is 12.1 Å². The minimum atomic E-state index is -4.46. The first-order valence-corrected chi connectivity index (χ1v) is 8.52. The molecule has 0 spiro atoms. The summed E-state index contributed by atoms with van der Waals surface area (Å²) in [5, 5.41) is 6.37. The van der Waals surface area contributed by atoms with E-state index in [1.807, 2.05) is 0 Å². The number of fused-ring (bicyclic) bond motifs is 1. The Morgan fingerprint density at radius 3 is 2.65 bits per heavy atom. The minimum absolute atomic E-state index is 0.0738. The van der Waals surface area contributed by atoms with Gasteiger partial charge in [-0.3, -0.25) is 4.79 Å². The average molecular weight is 366 g/mol. The van der Waals surface area contributed by atoms with Gasteiger partial charge in [-0.15, -0.1) is 0 Å². The molecule has 0 aliphatic heterocycles. The van der Waals surface area contributed by atoms with Gasteiger partial charge >= 0.3 is 6.18 Å². The predicted molar refractivity (Wildman–Crippen MR) is 90.9 cm³/mol. The first-order valence-electron chi connectivity index (χ1n) is 8.52. The highest BCUT2D eigenvalue weighted by Crippen LogP contribution is 2.38. The molecule has 1 amide bonds. The van der Waals surface area contributed by atoms with Crippen molar-refractivity contribution < 1.29 is 22.5 Å². The van der Waals surface area contributed by atoms with Crippen LogP contribution in [0.3, 0.4) is 0 Å². The zero-order valence-corrected chi connectivity index (χ0v) is 14.9. The van der Waals surface area contributed by atoms with E-state index in [0.717, 1.165) is 24.1 Å². The van der Waals surface area contributed by atoms with Crippen molar-refractivity contribution >= 4 is 11.6 Å². The van der Waals surface area contributed by atoms with Gasteiger partial charge in [-0.25, -0.2) is 0 Å². The second kappa shape index (κ2) is 6.45. The Morgan fingerprint density at radius 1 is 1.27 bits per heavy atom. The molecular formula is C19H21F3N2O2. The molecule has 0 saturated carbocycles. The fraction of sp³-hybridized carbons (Fsp3) is 0.474. The van der Waals surface area contributed by atoms with Gasteiger partial charge in [0.15, 0.2) is 5.69 Å². The Bertz CT molecular complexity index is 819. The molecule has 2 aromatic rings. The molecule has 1 aromatic carbocycles. The van der Waals surface area contributed by atoms with Gasteiger partial charge in [-0.05, 0) is 42.4 Å². The number of aromatic nitrogens is 1. The topological polar surface area (TPSA) is 55.1 Å². The van der Waals surface area contributed by atoms with Gasteiger partial charge in [0, 0.05) is 17.7 Å². The lowest BCUT2D eigenvalue weighted by molar-refractivity contribution is -0.137. The van der Waals surface area contributed by atoms with Gasteiger partial charge in [-0.1, -0.05) is 32.0 Å². The zero-order chi connectivity index (χ0) is 19.1. The molecule has 1 N–H and O–H groups in total. The van der Waals surface area contributed by atoms with Gasteiger partial charge < -0.3 is 9.84 Å². The van der Waals surface area contributed by atoms with Crippen LogP contribution in [0.5, 0.6) is 0 Å². The average Bonchev–Trinajstić information content (AvgIpc) is 2.96. The molecule has 4 nitrogen and oxygen atoms in total. The Kier molecular flexibility index (Phi) is 4.58. The number of carbonyl (C=O) groups is 1. The van der Waals surface area contributed by atoms with E-state index >= 15 is 0 Å². The summed E-state index contributed by atoms with van der Waals surface area (Å²) in [4.78, 5) is 12.5. The van der Waals surface area contributed by atoms with Crippen LogP contribution < -0.4 is 5.32 Å². The summed E-state index contributed by atoms with van der Waals surface area (Å²) >= 11 is 0. The number of benzene rings is 1. The summed E-state index contributed by atoms with van der Waals surface area (Å²) in [5.74, 6) is 0.526. The SMILES string of the molecule is CC(C)(C)[C@@H]1CCc2onc(C(=O)Nc3cccc(C(F)(F)F)c3)c2C1. The van der Waals surface area contributed by atoms with Gasteiger partial charge in [0.25, 0.3) is 5.91 Å². The largest absolute Gasteiger partial charge is 0.416 e. The summed E-state index contributed by atoms with van der Waals surface area (Å²) < 4.78 is 43.7. The normalized spacial score (nSPS) is 17.7. The number of anilines is 1. The van der Waals surface area contributed by atoms with Crippen molar-refractivity contribution in [1.82, 2.24) is 5.16 Å².